The maximum Gasteiger partial charge on any atom is 0.278 e. The maximum atomic E-state index is 13.4. The summed E-state index contributed by atoms with van der Waals surface area (Å²) in [6.07, 6.45) is 9.47. The first-order valence-corrected chi connectivity index (χ1v) is 16.3. The van der Waals surface area contributed by atoms with Gasteiger partial charge in [-0.1, -0.05) is 6.42 Å². The van der Waals surface area contributed by atoms with Crippen molar-refractivity contribution in [2.45, 2.75) is 70.4 Å². The fourth-order valence-corrected chi connectivity index (χ4v) is 7.10. The number of likely N-dealkylation sites (tertiary alicyclic amines) is 1. The Morgan fingerprint density at radius 1 is 1.09 bits per heavy atom. The number of aromatic nitrogens is 1. The van der Waals surface area contributed by atoms with Crippen LogP contribution in [0.3, 0.4) is 0 Å². The molecule has 1 aromatic carbocycles. The van der Waals surface area contributed by atoms with Crippen molar-refractivity contribution < 1.29 is 14.3 Å². The lowest BCUT2D eigenvalue weighted by molar-refractivity contribution is -0.139. The van der Waals surface area contributed by atoms with Gasteiger partial charge in [0.2, 0.25) is 11.8 Å². The van der Waals surface area contributed by atoms with Gasteiger partial charge in [-0.2, -0.15) is 10.3 Å². The number of ether oxygens (including phenoxy) is 1. The fourth-order valence-electron chi connectivity index (χ4n) is 7.10. The molecule has 3 fully saturated rings. The highest BCUT2D eigenvalue weighted by Crippen LogP contribution is 2.39. The minimum atomic E-state index is -0.329. The second-order valence-corrected chi connectivity index (χ2v) is 12.6. The highest BCUT2D eigenvalue weighted by atomic mass is 16.5. The van der Waals surface area contributed by atoms with Crippen molar-refractivity contribution >= 4 is 23.3 Å². The van der Waals surface area contributed by atoms with Crippen LogP contribution in [0.2, 0.25) is 0 Å². The molecule has 10 nitrogen and oxygen atoms in total. The molecule has 2 amide bonds. The zero-order chi connectivity index (χ0) is 30.5. The average molecular weight is 598 g/mol. The van der Waals surface area contributed by atoms with Gasteiger partial charge in [0, 0.05) is 74.0 Å². The second-order valence-electron chi connectivity index (χ2n) is 12.6. The van der Waals surface area contributed by atoms with Crippen molar-refractivity contribution in [1.82, 2.24) is 20.1 Å². The number of carbonyl (C=O) groups excluding carboxylic acids is 2. The molecular weight excluding hydrogens is 554 g/mol. The molecule has 0 radical (unpaired) electrons. The smallest absolute Gasteiger partial charge is 0.278 e. The van der Waals surface area contributed by atoms with Gasteiger partial charge in [0.15, 0.2) is 0 Å². The SMILES string of the molecule is C[C@@H]1CNCCN1C(=O)C1CCC(N2C(=NC(=O)c3ccc(C#N)cc3)Cc3cnc(OCCN4CCCCC4)cc32)CC1. The van der Waals surface area contributed by atoms with Gasteiger partial charge in [0.1, 0.15) is 12.4 Å². The fraction of sp³-hybridized carbons (Fsp3) is 0.559. The van der Waals surface area contributed by atoms with Gasteiger partial charge in [-0.05, 0) is 82.8 Å². The summed E-state index contributed by atoms with van der Waals surface area (Å²) in [7, 11) is 0. The molecule has 0 unspecified atom stereocenters. The minimum absolute atomic E-state index is 0.0284. The number of amidine groups is 1. The summed E-state index contributed by atoms with van der Waals surface area (Å²) < 4.78 is 6.14. The summed E-state index contributed by atoms with van der Waals surface area (Å²) in [4.78, 5) is 42.7. The Labute approximate surface area is 260 Å². The van der Waals surface area contributed by atoms with Gasteiger partial charge in [0.25, 0.3) is 5.91 Å². The molecule has 1 aromatic heterocycles. The van der Waals surface area contributed by atoms with Crippen LogP contribution in [0, 0.1) is 17.2 Å². The Balaban J connectivity index is 1.19. The largest absolute Gasteiger partial charge is 0.476 e. The molecule has 232 valence electrons. The third kappa shape index (κ3) is 6.79. The van der Waals surface area contributed by atoms with Gasteiger partial charge in [-0.15, -0.1) is 0 Å². The first-order chi connectivity index (χ1) is 21.5. The Morgan fingerprint density at radius 2 is 1.86 bits per heavy atom. The second kappa shape index (κ2) is 13.9. The predicted molar refractivity (Wildman–Crippen MR) is 169 cm³/mol. The average Bonchev–Trinajstić information content (AvgIpc) is 3.42. The number of pyridine rings is 1. The van der Waals surface area contributed by atoms with Crippen molar-refractivity contribution in [2.24, 2.45) is 10.9 Å². The van der Waals surface area contributed by atoms with Crippen LogP contribution < -0.4 is 15.0 Å². The number of anilines is 1. The zero-order valence-electron chi connectivity index (χ0n) is 25.7. The Bertz CT molecular complexity index is 1400. The molecule has 1 aliphatic carbocycles. The van der Waals surface area contributed by atoms with E-state index < -0.39 is 0 Å². The Kier molecular flexibility index (Phi) is 9.53. The van der Waals surface area contributed by atoms with Gasteiger partial charge in [-0.25, -0.2) is 4.98 Å². The molecule has 6 rings (SSSR count). The number of rotatable bonds is 7. The Morgan fingerprint density at radius 3 is 2.59 bits per heavy atom. The number of hydrogen-bond donors (Lipinski definition) is 1. The third-order valence-corrected chi connectivity index (χ3v) is 9.62. The van der Waals surface area contributed by atoms with Crippen LogP contribution in [0.25, 0.3) is 0 Å². The molecule has 4 heterocycles. The van der Waals surface area contributed by atoms with Crippen LogP contribution in [-0.2, 0) is 11.2 Å². The van der Waals surface area contributed by atoms with E-state index in [1.807, 2.05) is 12.3 Å². The number of aliphatic imine (C=N–C) groups is 1. The standard InChI is InChI=1S/C34H43N7O3/c1-24-22-36-13-16-40(24)34(43)27-9-11-29(12-10-27)41-30-20-32(44-18-17-39-14-3-2-4-15-39)37-23-28(30)19-31(41)38-33(42)26-7-5-25(21-35)6-8-26/h5-8,20,23-24,27,29,36H,2-4,9-19,22H2,1H3/t24-,27?,29?/m1/s1. The quantitative estimate of drug-likeness (QED) is 0.513. The van der Waals surface area contributed by atoms with Crippen LogP contribution in [0.1, 0.15) is 73.4 Å². The molecular formula is C34H43N7O3. The molecule has 0 spiro atoms. The minimum Gasteiger partial charge on any atom is -0.476 e. The molecule has 10 heteroatoms. The van der Waals surface area contributed by atoms with E-state index in [4.69, 9.17) is 10.00 Å². The number of piperazine rings is 1. The first kappa shape index (κ1) is 30.2. The number of carbonyl (C=O) groups is 2. The molecule has 1 atom stereocenters. The van der Waals surface area contributed by atoms with E-state index in [2.05, 4.69) is 43.0 Å². The zero-order valence-corrected chi connectivity index (χ0v) is 25.7. The summed E-state index contributed by atoms with van der Waals surface area (Å²) in [6, 6.07) is 11.0. The number of nitrogens with one attached hydrogen (secondary N) is 1. The monoisotopic (exact) mass is 597 g/mol. The van der Waals surface area contributed by atoms with Gasteiger partial charge < -0.3 is 19.9 Å². The Hall–Kier alpha value is -3.81. The molecule has 2 aromatic rings. The van der Waals surface area contributed by atoms with E-state index in [0.29, 0.717) is 35.9 Å². The van der Waals surface area contributed by atoms with Crippen LogP contribution in [-0.4, -0.2) is 90.4 Å². The third-order valence-electron chi connectivity index (χ3n) is 9.62. The van der Waals surface area contributed by atoms with Crippen molar-refractivity contribution in [3.8, 4) is 11.9 Å². The maximum absolute atomic E-state index is 13.4. The molecule has 44 heavy (non-hydrogen) atoms. The lowest BCUT2D eigenvalue weighted by Gasteiger charge is -2.40. The molecule has 4 aliphatic rings. The molecule has 3 aliphatic heterocycles. The van der Waals surface area contributed by atoms with Crippen molar-refractivity contribution in [3.05, 3.63) is 53.2 Å². The summed E-state index contributed by atoms with van der Waals surface area (Å²) in [5.74, 6) is 1.26. The summed E-state index contributed by atoms with van der Waals surface area (Å²) >= 11 is 0. The van der Waals surface area contributed by atoms with E-state index in [0.717, 1.165) is 76.2 Å². The summed E-state index contributed by atoms with van der Waals surface area (Å²) in [6.45, 7) is 8.29. The van der Waals surface area contributed by atoms with Crippen LogP contribution in [0.4, 0.5) is 5.69 Å². The number of fused-ring (bicyclic) bond motifs is 1. The van der Waals surface area contributed by atoms with Crippen molar-refractivity contribution in [3.63, 3.8) is 0 Å². The lowest BCUT2D eigenvalue weighted by atomic mass is 9.84. The number of nitriles is 1. The topological polar surface area (TPSA) is 114 Å². The van der Waals surface area contributed by atoms with Crippen LogP contribution in [0.5, 0.6) is 5.88 Å². The van der Waals surface area contributed by atoms with Crippen LogP contribution >= 0.6 is 0 Å². The summed E-state index contributed by atoms with van der Waals surface area (Å²) in [5, 5.41) is 12.5. The van der Waals surface area contributed by atoms with Gasteiger partial charge in [-0.3, -0.25) is 14.5 Å². The molecule has 1 saturated carbocycles. The van der Waals surface area contributed by atoms with Gasteiger partial charge >= 0.3 is 0 Å². The highest BCUT2D eigenvalue weighted by Gasteiger charge is 2.38. The normalized spacial score (nSPS) is 25.0. The molecule has 0 bridgehead atoms. The lowest BCUT2D eigenvalue weighted by Crippen LogP contribution is -2.54. The van der Waals surface area contributed by atoms with Crippen LogP contribution in [0.15, 0.2) is 41.5 Å². The summed E-state index contributed by atoms with van der Waals surface area (Å²) in [5.41, 5.74) is 2.97. The number of amides is 2. The predicted octanol–water partition coefficient (Wildman–Crippen LogP) is 3.80. The van der Waals surface area contributed by atoms with E-state index in [1.54, 1.807) is 24.3 Å². The number of benzene rings is 1. The van der Waals surface area contributed by atoms with E-state index >= 15 is 0 Å². The first-order valence-electron chi connectivity index (χ1n) is 16.3. The van der Waals surface area contributed by atoms with E-state index in [-0.39, 0.29) is 29.8 Å². The van der Waals surface area contributed by atoms with E-state index in [1.165, 1.54) is 19.3 Å². The van der Waals surface area contributed by atoms with Crippen molar-refractivity contribution in [2.75, 3.05) is 50.8 Å². The van der Waals surface area contributed by atoms with Crippen molar-refractivity contribution in [1.29, 1.82) is 5.26 Å². The number of hydrogen-bond acceptors (Lipinski definition) is 7. The number of nitrogens with zero attached hydrogens (tertiary/aromatic N) is 6. The molecule has 2 saturated heterocycles. The van der Waals surface area contributed by atoms with Gasteiger partial charge in [0.05, 0.1) is 17.3 Å². The molecule has 1 N–H and O–H groups in total. The number of piperidine rings is 1. The van der Waals surface area contributed by atoms with E-state index in [9.17, 15) is 9.59 Å². The highest BCUT2D eigenvalue weighted by molar-refractivity contribution is 6.12.